The van der Waals surface area contributed by atoms with Crippen LogP contribution in [-0.4, -0.2) is 44.4 Å². The van der Waals surface area contributed by atoms with Crippen LogP contribution in [0.5, 0.6) is 5.88 Å². The van der Waals surface area contributed by atoms with E-state index in [0.29, 0.717) is 52.4 Å². The number of aryl methyl sites for hydroxylation is 1. The number of imidazole rings is 1. The normalized spacial score (nSPS) is 11.3. The Balaban J connectivity index is 1.44. The van der Waals surface area contributed by atoms with Crippen LogP contribution in [0.15, 0.2) is 66.7 Å². The van der Waals surface area contributed by atoms with Gasteiger partial charge in [0.25, 0.3) is 0 Å². The molecule has 216 valence electrons. The fraction of sp³-hybridized carbons (Fsp3) is 0.219. The fourth-order valence-electron chi connectivity index (χ4n) is 4.78. The molecule has 2 heterocycles. The van der Waals surface area contributed by atoms with Crippen LogP contribution in [0.25, 0.3) is 22.3 Å². The third kappa shape index (κ3) is 6.14. The molecule has 0 spiro atoms. The van der Waals surface area contributed by atoms with E-state index < -0.39 is 11.8 Å². The molecule has 0 unspecified atom stereocenters. The summed E-state index contributed by atoms with van der Waals surface area (Å²) >= 11 is 0. The number of hydrogen-bond donors (Lipinski definition) is 2. The number of aromatic carboxylic acids is 1. The Kier molecular flexibility index (Phi) is 8.56. The quantitative estimate of drug-likeness (QED) is 0.209. The zero-order chi connectivity index (χ0) is 29.8. The molecule has 0 bridgehead atoms. The number of ether oxygens (including phenoxy) is 2. The minimum Gasteiger partial charge on any atom is -0.478 e. The van der Waals surface area contributed by atoms with E-state index in [0.717, 1.165) is 5.56 Å². The van der Waals surface area contributed by atoms with Crippen LogP contribution in [0, 0.1) is 18.6 Å². The molecule has 42 heavy (non-hydrogen) atoms. The van der Waals surface area contributed by atoms with Crippen molar-refractivity contribution in [2.24, 2.45) is 0 Å². The molecule has 0 fully saturated rings. The molecule has 8 nitrogen and oxygen atoms in total. The summed E-state index contributed by atoms with van der Waals surface area (Å²) in [6.45, 7) is 2.17. The SMILES string of the molecule is COCCn1c(Cc2cc(F)c(-c3cccc(OCc4ccc(C)cc4F)n3)cc2CO)nc2ccc(C(=O)O)cc21. The number of carbonyl (C=O) groups is 1. The third-order valence-corrected chi connectivity index (χ3v) is 6.99. The average molecular weight is 574 g/mol. The Morgan fingerprint density at radius 2 is 1.79 bits per heavy atom. The molecule has 0 aliphatic carbocycles. The maximum atomic E-state index is 15.6. The Labute approximate surface area is 240 Å². The number of halogens is 2. The summed E-state index contributed by atoms with van der Waals surface area (Å²) in [4.78, 5) is 20.6. The van der Waals surface area contributed by atoms with Crippen molar-refractivity contribution in [1.82, 2.24) is 14.5 Å². The molecule has 0 atom stereocenters. The second-order valence-electron chi connectivity index (χ2n) is 9.86. The molecule has 0 amide bonds. The van der Waals surface area contributed by atoms with E-state index in [1.807, 2.05) is 4.57 Å². The molecule has 2 aromatic heterocycles. The monoisotopic (exact) mass is 573 g/mol. The molecule has 0 radical (unpaired) electrons. The van der Waals surface area contributed by atoms with E-state index in [2.05, 4.69) is 9.97 Å². The van der Waals surface area contributed by atoms with Gasteiger partial charge in [0.15, 0.2) is 0 Å². The molecule has 5 rings (SSSR count). The molecule has 0 aliphatic heterocycles. The number of benzene rings is 3. The number of aliphatic hydroxyl groups excluding tert-OH is 1. The number of carboxylic acid groups (broad SMARTS) is 1. The van der Waals surface area contributed by atoms with Crippen molar-refractivity contribution in [3.05, 3.63) is 112 Å². The summed E-state index contributed by atoms with van der Waals surface area (Å²) < 4.78 is 42.5. The number of hydrogen-bond acceptors (Lipinski definition) is 6. The predicted octanol–water partition coefficient (Wildman–Crippen LogP) is 5.69. The highest BCUT2D eigenvalue weighted by atomic mass is 19.1. The predicted molar refractivity (Wildman–Crippen MR) is 152 cm³/mol. The van der Waals surface area contributed by atoms with E-state index in [1.54, 1.807) is 62.6 Å². The topological polar surface area (TPSA) is 107 Å². The maximum Gasteiger partial charge on any atom is 0.335 e. The van der Waals surface area contributed by atoms with Crippen LogP contribution in [-0.2, 0) is 30.9 Å². The number of pyridine rings is 1. The van der Waals surface area contributed by atoms with Crippen molar-refractivity contribution in [2.45, 2.75) is 33.1 Å². The van der Waals surface area contributed by atoms with Crippen LogP contribution in [0.2, 0.25) is 0 Å². The van der Waals surface area contributed by atoms with Gasteiger partial charge in [-0.1, -0.05) is 18.2 Å². The number of fused-ring (bicyclic) bond motifs is 1. The van der Waals surface area contributed by atoms with E-state index in [-0.39, 0.29) is 42.5 Å². The van der Waals surface area contributed by atoms with Crippen molar-refractivity contribution in [3.63, 3.8) is 0 Å². The highest BCUT2D eigenvalue weighted by Gasteiger charge is 2.18. The number of aliphatic hydroxyl groups is 1. The summed E-state index contributed by atoms with van der Waals surface area (Å²) in [6, 6.07) is 17.3. The van der Waals surface area contributed by atoms with Crippen molar-refractivity contribution < 1.29 is 33.3 Å². The van der Waals surface area contributed by atoms with E-state index in [4.69, 9.17) is 9.47 Å². The zero-order valence-corrected chi connectivity index (χ0v) is 23.1. The van der Waals surface area contributed by atoms with Crippen LogP contribution in [0.1, 0.15) is 38.4 Å². The first-order valence-electron chi connectivity index (χ1n) is 13.3. The highest BCUT2D eigenvalue weighted by Crippen LogP contribution is 2.29. The number of aromatic nitrogens is 3. The molecule has 0 saturated heterocycles. The number of methoxy groups -OCH3 is 1. The van der Waals surface area contributed by atoms with Crippen molar-refractivity contribution >= 4 is 17.0 Å². The van der Waals surface area contributed by atoms with Gasteiger partial charge in [0.05, 0.1) is 35.5 Å². The van der Waals surface area contributed by atoms with Gasteiger partial charge in [0.1, 0.15) is 24.1 Å². The highest BCUT2D eigenvalue weighted by molar-refractivity contribution is 5.92. The van der Waals surface area contributed by atoms with Gasteiger partial charge in [-0.15, -0.1) is 0 Å². The average Bonchev–Trinajstić information content (AvgIpc) is 3.31. The van der Waals surface area contributed by atoms with Gasteiger partial charge in [0, 0.05) is 37.3 Å². The summed E-state index contributed by atoms with van der Waals surface area (Å²) in [5.41, 5.74) is 4.00. The zero-order valence-electron chi connectivity index (χ0n) is 23.1. The van der Waals surface area contributed by atoms with Crippen LogP contribution in [0.4, 0.5) is 8.78 Å². The second kappa shape index (κ2) is 12.5. The summed E-state index contributed by atoms with van der Waals surface area (Å²) in [5.74, 6) is -1.21. The van der Waals surface area contributed by atoms with Crippen LogP contribution in [0.3, 0.4) is 0 Å². The molecule has 10 heteroatoms. The van der Waals surface area contributed by atoms with Gasteiger partial charge in [-0.25, -0.2) is 23.5 Å². The standard InChI is InChI=1S/C32H29F2N3O5/c1-19-6-7-21(25(33)12-19)18-42-31-5-3-4-27(36-31)24-13-23(17-38)22(14-26(24)34)16-30-35-28-9-8-20(32(39)40)15-29(28)37(30)10-11-41-2/h3-9,12-15,38H,10-11,16-18H2,1-2H3,(H,39,40). The summed E-state index contributed by atoms with van der Waals surface area (Å²) in [7, 11) is 1.56. The Morgan fingerprint density at radius 3 is 2.52 bits per heavy atom. The van der Waals surface area contributed by atoms with Gasteiger partial charge in [-0.3, -0.25) is 0 Å². The minimum absolute atomic E-state index is 0.0378. The van der Waals surface area contributed by atoms with Crippen molar-refractivity contribution in [2.75, 3.05) is 13.7 Å². The van der Waals surface area contributed by atoms with Gasteiger partial charge in [-0.05, 0) is 66.1 Å². The van der Waals surface area contributed by atoms with Gasteiger partial charge < -0.3 is 24.3 Å². The lowest BCUT2D eigenvalue weighted by atomic mass is 9.99. The largest absolute Gasteiger partial charge is 0.478 e. The molecule has 3 aromatic carbocycles. The first-order chi connectivity index (χ1) is 20.3. The Bertz CT molecular complexity index is 1770. The van der Waals surface area contributed by atoms with Gasteiger partial charge in [0.2, 0.25) is 5.88 Å². The van der Waals surface area contributed by atoms with Gasteiger partial charge in [-0.2, -0.15) is 0 Å². The van der Waals surface area contributed by atoms with E-state index in [1.165, 1.54) is 18.2 Å². The van der Waals surface area contributed by atoms with E-state index >= 15 is 4.39 Å². The summed E-state index contributed by atoms with van der Waals surface area (Å²) in [5, 5.41) is 19.6. The lowest BCUT2D eigenvalue weighted by Crippen LogP contribution is -2.10. The second-order valence-corrected chi connectivity index (χ2v) is 9.86. The molecule has 0 aliphatic rings. The summed E-state index contributed by atoms with van der Waals surface area (Å²) in [6.07, 6.45) is 0.187. The first-order valence-corrected chi connectivity index (χ1v) is 13.3. The first kappa shape index (κ1) is 28.8. The third-order valence-electron chi connectivity index (χ3n) is 6.99. The van der Waals surface area contributed by atoms with E-state index in [9.17, 15) is 19.4 Å². The Morgan fingerprint density at radius 1 is 0.952 bits per heavy atom. The lowest BCUT2D eigenvalue weighted by molar-refractivity contribution is 0.0697. The number of rotatable bonds is 11. The van der Waals surface area contributed by atoms with Crippen molar-refractivity contribution in [3.8, 4) is 17.1 Å². The number of nitrogens with zero attached hydrogens (tertiary/aromatic N) is 3. The molecule has 0 saturated carbocycles. The van der Waals surface area contributed by atoms with Crippen LogP contribution < -0.4 is 4.74 Å². The molecular weight excluding hydrogens is 544 g/mol. The molecular formula is C32H29F2N3O5. The van der Waals surface area contributed by atoms with Gasteiger partial charge >= 0.3 is 5.97 Å². The Hall–Kier alpha value is -4.67. The van der Waals surface area contributed by atoms with Crippen LogP contribution >= 0.6 is 0 Å². The smallest absolute Gasteiger partial charge is 0.335 e. The minimum atomic E-state index is -1.05. The molecule has 5 aromatic rings. The lowest BCUT2D eigenvalue weighted by Gasteiger charge is -2.14. The maximum absolute atomic E-state index is 15.6. The number of carboxylic acids is 1. The van der Waals surface area contributed by atoms with Crippen molar-refractivity contribution in [1.29, 1.82) is 0 Å². The fourth-order valence-corrected chi connectivity index (χ4v) is 4.78. The molecule has 2 N–H and O–H groups in total.